The Bertz CT molecular complexity index is 579. The zero-order valence-electron chi connectivity index (χ0n) is 10.1. The van der Waals surface area contributed by atoms with Gasteiger partial charge in [-0.15, -0.1) is 0 Å². The molecule has 1 aromatic carbocycles. The quantitative estimate of drug-likeness (QED) is 0.773. The van der Waals surface area contributed by atoms with E-state index in [9.17, 15) is 9.59 Å². The largest absolute Gasteiger partial charge is 0.459 e. The number of carbonyl (C=O) groups excluding carboxylic acids is 2. The lowest BCUT2D eigenvalue weighted by molar-refractivity contribution is -0.114. The number of carbonyl (C=O) groups is 2. The van der Waals surface area contributed by atoms with Crippen molar-refractivity contribution < 1.29 is 14.0 Å². The number of para-hydroxylation sites is 2. The molecule has 2 rings (SSSR count). The van der Waals surface area contributed by atoms with E-state index in [-0.39, 0.29) is 24.1 Å². The molecule has 0 saturated carbocycles. The molecule has 1 heterocycles. The Morgan fingerprint density at radius 3 is 2.32 bits per heavy atom. The summed E-state index contributed by atoms with van der Waals surface area (Å²) in [7, 11) is 0. The lowest BCUT2D eigenvalue weighted by Gasteiger charge is -2.10. The van der Waals surface area contributed by atoms with Crippen LogP contribution in [0.3, 0.4) is 0 Å². The summed E-state index contributed by atoms with van der Waals surface area (Å²) in [6.45, 7) is -0.125. The molecular weight excluding hydrogens is 246 g/mol. The minimum absolute atomic E-state index is 0.125. The van der Waals surface area contributed by atoms with Crippen molar-refractivity contribution in [1.82, 2.24) is 0 Å². The third kappa shape index (κ3) is 3.20. The normalized spacial score (nSPS) is 9.95. The van der Waals surface area contributed by atoms with Crippen molar-refractivity contribution in [3.63, 3.8) is 0 Å². The van der Waals surface area contributed by atoms with Crippen molar-refractivity contribution >= 4 is 23.2 Å². The van der Waals surface area contributed by atoms with Crippen LogP contribution < -0.4 is 16.4 Å². The van der Waals surface area contributed by atoms with E-state index in [2.05, 4.69) is 10.6 Å². The summed E-state index contributed by atoms with van der Waals surface area (Å²) in [6.07, 6.45) is 1.41. The topological polar surface area (TPSA) is 97.4 Å². The summed E-state index contributed by atoms with van der Waals surface area (Å²) < 4.78 is 4.99. The Labute approximate surface area is 109 Å². The van der Waals surface area contributed by atoms with Crippen LogP contribution in [0.15, 0.2) is 47.1 Å². The second-order valence-electron chi connectivity index (χ2n) is 3.73. The number of anilines is 2. The van der Waals surface area contributed by atoms with Crippen LogP contribution in [0.2, 0.25) is 0 Å². The summed E-state index contributed by atoms with van der Waals surface area (Å²) in [6, 6.07) is 10.0. The minimum Gasteiger partial charge on any atom is -0.459 e. The molecule has 2 aromatic rings. The highest BCUT2D eigenvalue weighted by molar-refractivity contribution is 6.05. The average molecular weight is 259 g/mol. The fourth-order valence-corrected chi connectivity index (χ4v) is 1.49. The van der Waals surface area contributed by atoms with E-state index in [0.29, 0.717) is 11.4 Å². The molecular formula is C13H13N3O3. The first kappa shape index (κ1) is 12.8. The molecule has 6 heteroatoms. The second kappa shape index (κ2) is 5.83. The predicted molar refractivity (Wildman–Crippen MR) is 70.8 cm³/mol. The fourth-order valence-electron chi connectivity index (χ4n) is 1.49. The van der Waals surface area contributed by atoms with Crippen molar-refractivity contribution in [1.29, 1.82) is 0 Å². The highest BCUT2D eigenvalue weighted by Crippen LogP contribution is 2.21. The summed E-state index contributed by atoms with van der Waals surface area (Å²) >= 11 is 0. The molecule has 2 amide bonds. The zero-order chi connectivity index (χ0) is 13.7. The fraction of sp³-hybridized carbons (Fsp3) is 0.0769. The Hall–Kier alpha value is -2.60. The first-order valence-electron chi connectivity index (χ1n) is 5.64. The van der Waals surface area contributed by atoms with E-state index >= 15 is 0 Å². The molecule has 19 heavy (non-hydrogen) atoms. The molecule has 0 saturated heterocycles. The Kier molecular flexibility index (Phi) is 3.94. The van der Waals surface area contributed by atoms with E-state index in [4.69, 9.17) is 10.2 Å². The number of nitrogens with one attached hydrogen (secondary N) is 2. The molecule has 0 spiro atoms. The van der Waals surface area contributed by atoms with Crippen molar-refractivity contribution in [3.05, 3.63) is 48.4 Å². The van der Waals surface area contributed by atoms with Gasteiger partial charge >= 0.3 is 0 Å². The molecule has 0 unspecified atom stereocenters. The van der Waals surface area contributed by atoms with E-state index in [1.54, 1.807) is 36.4 Å². The van der Waals surface area contributed by atoms with Gasteiger partial charge < -0.3 is 20.8 Å². The Morgan fingerprint density at radius 2 is 1.74 bits per heavy atom. The summed E-state index contributed by atoms with van der Waals surface area (Å²) in [5.41, 5.74) is 6.20. The molecule has 1 aromatic heterocycles. The maximum Gasteiger partial charge on any atom is 0.291 e. The van der Waals surface area contributed by atoms with E-state index in [1.807, 2.05) is 0 Å². The zero-order valence-corrected chi connectivity index (χ0v) is 10.1. The van der Waals surface area contributed by atoms with Crippen molar-refractivity contribution in [2.45, 2.75) is 0 Å². The third-order valence-corrected chi connectivity index (χ3v) is 2.38. The lowest BCUT2D eigenvalue weighted by atomic mass is 10.2. The highest BCUT2D eigenvalue weighted by atomic mass is 16.3. The molecule has 4 N–H and O–H groups in total. The second-order valence-corrected chi connectivity index (χ2v) is 3.73. The number of benzene rings is 1. The molecule has 98 valence electrons. The number of furan rings is 1. The number of hydrogen-bond donors (Lipinski definition) is 3. The maximum absolute atomic E-state index is 11.8. The van der Waals surface area contributed by atoms with Crippen LogP contribution in [-0.2, 0) is 4.79 Å². The Morgan fingerprint density at radius 1 is 1.05 bits per heavy atom. The van der Waals surface area contributed by atoms with Gasteiger partial charge in [-0.3, -0.25) is 9.59 Å². The van der Waals surface area contributed by atoms with Crippen LogP contribution in [0.5, 0.6) is 0 Å². The van der Waals surface area contributed by atoms with Gasteiger partial charge in [0.2, 0.25) is 5.91 Å². The molecule has 0 aliphatic carbocycles. The molecule has 0 aliphatic heterocycles. The van der Waals surface area contributed by atoms with Gasteiger partial charge in [-0.1, -0.05) is 12.1 Å². The van der Waals surface area contributed by atoms with E-state index in [0.717, 1.165) is 0 Å². The SMILES string of the molecule is NCC(=O)Nc1ccccc1NC(=O)c1ccco1. The first-order valence-corrected chi connectivity index (χ1v) is 5.64. The Balaban J connectivity index is 2.16. The predicted octanol–water partition coefficient (Wildman–Crippen LogP) is 1.43. The number of amides is 2. The number of rotatable bonds is 4. The van der Waals surface area contributed by atoms with Gasteiger partial charge in [0, 0.05) is 0 Å². The lowest BCUT2D eigenvalue weighted by Crippen LogP contribution is -2.23. The van der Waals surface area contributed by atoms with Crippen molar-refractivity contribution in [2.75, 3.05) is 17.2 Å². The van der Waals surface area contributed by atoms with Gasteiger partial charge in [-0.2, -0.15) is 0 Å². The molecule has 0 atom stereocenters. The highest BCUT2D eigenvalue weighted by Gasteiger charge is 2.11. The summed E-state index contributed by atoms with van der Waals surface area (Å²) in [4.78, 5) is 23.1. The minimum atomic E-state index is -0.389. The standard InChI is InChI=1S/C13H13N3O3/c14-8-12(17)15-9-4-1-2-5-10(9)16-13(18)11-6-3-7-19-11/h1-7H,8,14H2,(H,15,17)(H,16,18). The smallest absolute Gasteiger partial charge is 0.291 e. The molecule has 6 nitrogen and oxygen atoms in total. The molecule has 0 bridgehead atoms. The molecule has 0 radical (unpaired) electrons. The van der Waals surface area contributed by atoms with Gasteiger partial charge in [0.1, 0.15) is 0 Å². The van der Waals surface area contributed by atoms with E-state index < -0.39 is 0 Å². The maximum atomic E-state index is 11.8. The van der Waals surface area contributed by atoms with Gasteiger partial charge in [0.05, 0.1) is 24.2 Å². The summed E-state index contributed by atoms with van der Waals surface area (Å²) in [5.74, 6) is -0.529. The van der Waals surface area contributed by atoms with Gasteiger partial charge in [-0.25, -0.2) is 0 Å². The van der Waals surface area contributed by atoms with Crippen LogP contribution in [0.1, 0.15) is 10.6 Å². The number of hydrogen-bond acceptors (Lipinski definition) is 4. The third-order valence-electron chi connectivity index (χ3n) is 2.38. The van der Waals surface area contributed by atoms with Gasteiger partial charge in [0.15, 0.2) is 5.76 Å². The van der Waals surface area contributed by atoms with Crippen LogP contribution in [0, 0.1) is 0 Å². The van der Waals surface area contributed by atoms with Crippen molar-refractivity contribution in [2.24, 2.45) is 5.73 Å². The van der Waals surface area contributed by atoms with Crippen LogP contribution in [0.25, 0.3) is 0 Å². The summed E-state index contributed by atoms with van der Waals surface area (Å²) in [5, 5.41) is 5.26. The van der Waals surface area contributed by atoms with E-state index in [1.165, 1.54) is 6.26 Å². The number of nitrogens with two attached hydrogens (primary N) is 1. The van der Waals surface area contributed by atoms with Crippen LogP contribution in [-0.4, -0.2) is 18.4 Å². The average Bonchev–Trinajstić information content (AvgIpc) is 2.95. The first-order chi connectivity index (χ1) is 9.20. The van der Waals surface area contributed by atoms with Crippen molar-refractivity contribution in [3.8, 4) is 0 Å². The van der Waals surface area contributed by atoms with Crippen LogP contribution in [0.4, 0.5) is 11.4 Å². The van der Waals surface area contributed by atoms with Gasteiger partial charge in [0.25, 0.3) is 5.91 Å². The molecule has 0 fully saturated rings. The van der Waals surface area contributed by atoms with Crippen LogP contribution >= 0.6 is 0 Å². The van der Waals surface area contributed by atoms with Gasteiger partial charge in [-0.05, 0) is 24.3 Å². The molecule has 0 aliphatic rings. The monoisotopic (exact) mass is 259 g/mol.